The zero-order chi connectivity index (χ0) is 55.5. The lowest BCUT2D eigenvalue weighted by Crippen LogP contribution is -2.40. The zero-order valence-corrected chi connectivity index (χ0v) is 51.2. The molecule has 0 aromatic heterocycles. The number of likely N-dealkylation sites (N-methyl/N-ethyl adjacent to an activating group) is 1. The number of carbonyl (C=O) groups is 4. The first-order chi connectivity index (χ1) is 37.2. The Balaban J connectivity index is 5.16. The van der Waals surface area contributed by atoms with Crippen molar-refractivity contribution in [1.82, 2.24) is 14.7 Å². The predicted molar refractivity (Wildman–Crippen MR) is 320 cm³/mol. The Bertz CT molecular complexity index is 1080. The van der Waals surface area contributed by atoms with Crippen LogP contribution in [0.25, 0.3) is 0 Å². The minimum absolute atomic E-state index is 0.183. The van der Waals surface area contributed by atoms with E-state index in [2.05, 4.69) is 49.4 Å². The normalized spacial score (nSPS) is 11.6. The summed E-state index contributed by atoms with van der Waals surface area (Å²) in [5, 5.41) is 0. The van der Waals surface area contributed by atoms with Crippen LogP contribution in [0.5, 0.6) is 0 Å². The maximum absolute atomic E-state index is 12.9. The van der Waals surface area contributed by atoms with Gasteiger partial charge in [-0.2, -0.15) is 0 Å². The summed E-state index contributed by atoms with van der Waals surface area (Å²) in [6.45, 7) is 15.8. The van der Waals surface area contributed by atoms with Crippen molar-refractivity contribution in [2.45, 2.75) is 310 Å². The summed E-state index contributed by atoms with van der Waals surface area (Å²) < 4.78 is 22.6. The summed E-state index contributed by atoms with van der Waals surface area (Å²) in [5.41, 5.74) is 0. The van der Waals surface area contributed by atoms with Crippen molar-refractivity contribution in [3.05, 3.63) is 0 Å². The van der Waals surface area contributed by atoms with Gasteiger partial charge < -0.3 is 33.6 Å². The lowest BCUT2D eigenvalue weighted by molar-refractivity contribution is -0.146. The van der Waals surface area contributed by atoms with Crippen LogP contribution in [0.3, 0.4) is 0 Å². The highest BCUT2D eigenvalue weighted by atomic mass is 16.5. The SMILES string of the molecule is CCCCCCCCCCCCOC(=O)CCN(CCC(=O)OCCCCCCCCCCCC)CCN(C)CCN(CCC(=O)OCCCCCCCCCCCC)CCC(=O)OCCCCCCCCCCCC. The van der Waals surface area contributed by atoms with E-state index in [9.17, 15) is 19.2 Å². The monoisotopic (exact) mass is 1080 g/mol. The van der Waals surface area contributed by atoms with Crippen LogP contribution < -0.4 is 0 Å². The lowest BCUT2D eigenvalue weighted by atomic mass is 10.1. The molecule has 76 heavy (non-hydrogen) atoms. The van der Waals surface area contributed by atoms with Crippen LogP contribution in [0, 0.1) is 0 Å². The van der Waals surface area contributed by atoms with Gasteiger partial charge in [-0.1, -0.05) is 259 Å². The molecule has 450 valence electrons. The van der Waals surface area contributed by atoms with Crippen LogP contribution in [-0.2, 0) is 38.1 Å². The zero-order valence-electron chi connectivity index (χ0n) is 51.2. The van der Waals surface area contributed by atoms with Crippen molar-refractivity contribution < 1.29 is 38.1 Å². The van der Waals surface area contributed by atoms with Crippen molar-refractivity contribution >= 4 is 23.9 Å². The number of unbranched alkanes of at least 4 members (excludes halogenated alkanes) is 36. The Morgan fingerprint density at radius 3 is 0.592 bits per heavy atom. The molecule has 0 aliphatic heterocycles. The summed E-state index contributed by atoms with van der Waals surface area (Å²) in [5.74, 6) is -0.731. The molecule has 0 aliphatic carbocycles. The van der Waals surface area contributed by atoms with Gasteiger partial charge >= 0.3 is 23.9 Å². The molecule has 0 fully saturated rings. The molecule has 0 rings (SSSR count). The number of ether oxygens (including phenoxy) is 4. The van der Waals surface area contributed by atoms with Gasteiger partial charge in [0.2, 0.25) is 0 Å². The third-order valence-corrected chi connectivity index (χ3v) is 15.2. The van der Waals surface area contributed by atoms with Gasteiger partial charge in [0, 0.05) is 52.4 Å². The Morgan fingerprint density at radius 2 is 0.408 bits per heavy atom. The third kappa shape index (κ3) is 56.5. The highest BCUT2D eigenvalue weighted by Crippen LogP contribution is 2.15. The second-order valence-corrected chi connectivity index (χ2v) is 22.6. The van der Waals surface area contributed by atoms with Crippen LogP contribution in [0.4, 0.5) is 0 Å². The van der Waals surface area contributed by atoms with Gasteiger partial charge in [-0.05, 0) is 32.7 Å². The number of hydrogen-bond donors (Lipinski definition) is 0. The molecule has 0 saturated carbocycles. The van der Waals surface area contributed by atoms with Crippen LogP contribution >= 0.6 is 0 Å². The molecule has 0 spiro atoms. The highest BCUT2D eigenvalue weighted by molar-refractivity contribution is 5.71. The minimum Gasteiger partial charge on any atom is -0.466 e. The van der Waals surface area contributed by atoms with Crippen molar-refractivity contribution in [2.24, 2.45) is 0 Å². The highest BCUT2D eigenvalue weighted by Gasteiger charge is 2.16. The lowest BCUT2D eigenvalue weighted by Gasteiger charge is -2.27. The maximum Gasteiger partial charge on any atom is 0.307 e. The molecule has 0 unspecified atom stereocenters. The molecule has 11 nitrogen and oxygen atoms in total. The maximum atomic E-state index is 12.9. The summed E-state index contributed by atoms with van der Waals surface area (Å²) >= 11 is 0. The van der Waals surface area contributed by atoms with E-state index < -0.39 is 0 Å². The largest absolute Gasteiger partial charge is 0.466 e. The first kappa shape index (κ1) is 73.8. The van der Waals surface area contributed by atoms with E-state index in [1.165, 1.54) is 205 Å². The van der Waals surface area contributed by atoms with Gasteiger partial charge in [-0.3, -0.25) is 19.2 Å². The standard InChI is InChI=1S/C65H127N3O8/c1-6-10-14-18-22-26-30-34-38-42-58-73-62(69)46-50-67(51-47-63(70)74-59-43-39-35-31-27-23-19-15-11-7-2)56-54-66(5)55-57-68(52-48-64(71)75-60-44-40-36-32-28-24-20-16-12-8-3)53-49-65(72)76-61-45-41-37-33-29-25-21-17-13-9-4/h6-61H2,1-5H3. The first-order valence-electron chi connectivity index (χ1n) is 33.0. The Morgan fingerprint density at radius 1 is 0.237 bits per heavy atom. The summed E-state index contributed by atoms with van der Waals surface area (Å²) in [7, 11) is 2.08. The van der Waals surface area contributed by atoms with Crippen LogP contribution in [0.1, 0.15) is 310 Å². The third-order valence-electron chi connectivity index (χ3n) is 15.2. The van der Waals surface area contributed by atoms with E-state index in [0.717, 1.165) is 64.5 Å². The number of nitrogens with zero attached hydrogens (tertiary/aromatic N) is 3. The molecule has 0 bridgehead atoms. The number of hydrogen-bond acceptors (Lipinski definition) is 11. The van der Waals surface area contributed by atoms with E-state index in [1.807, 2.05) is 0 Å². The van der Waals surface area contributed by atoms with E-state index in [-0.39, 0.29) is 49.6 Å². The summed E-state index contributed by atoms with van der Waals surface area (Å²) in [4.78, 5) is 58.2. The topological polar surface area (TPSA) is 115 Å². The average molecular weight is 1080 g/mol. The van der Waals surface area contributed by atoms with E-state index in [0.29, 0.717) is 65.7 Å². The second-order valence-electron chi connectivity index (χ2n) is 22.6. The van der Waals surface area contributed by atoms with Crippen molar-refractivity contribution in [3.63, 3.8) is 0 Å². The molecule has 0 heterocycles. The van der Waals surface area contributed by atoms with Gasteiger partial charge in [0.15, 0.2) is 0 Å². The van der Waals surface area contributed by atoms with Crippen LogP contribution in [0.15, 0.2) is 0 Å². The molecule has 0 amide bonds. The number of esters is 4. The molecule has 0 atom stereocenters. The fraction of sp³-hybridized carbons (Fsp3) is 0.938. The number of carbonyl (C=O) groups excluding carboxylic acids is 4. The smallest absolute Gasteiger partial charge is 0.307 e. The second kappa shape index (κ2) is 60.4. The molecular formula is C65H127N3O8. The van der Waals surface area contributed by atoms with Crippen molar-refractivity contribution in [3.8, 4) is 0 Å². The Kier molecular flexibility index (Phi) is 58.6. The van der Waals surface area contributed by atoms with E-state index in [1.54, 1.807) is 0 Å². The first-order valence-corrected chi connectivity index (χ1v) is 33.0. The summed E-state index contributed by atoms with van der Waals surface area (Å²) in [6, 6.07) is 0. The molecule has 0 N–H and O–H groups in total. The van der Waals surface area contributed by atoms with Gasteiger partial charge in [0.25, 0.3) is 0 Å². The minimum atomic E-state index is -0.183. The van der Waals surface area contributed by atoms with Crippen LogP contribution in [0.2, 0.25) is 0 Å². The van der Waals surface area contributed by atoms with Crippen LogP contribution in [-0.4, -0.2) is 124 Å². The molecule has 0 aromatic carbocycles. The Labute approximate surface area is 470 Å². The van der Waals surface area contributed by atoms with E-state index in [4.69, 9.17) is 18.9 Å². The molecule has 0 aliphatic rings. The van der Waals surface area contributed by atoms with Crippen molar-refractivity contribution in [1.29, 1.82) is 0 Å². The van der Waals surface area contributed by atoms with Gasteiger partial charge in [-0.15, -0.1) is 0 Å². The van der Waals surface area contributed by atoms with Gasteiger partial charge in [-0.25, -0.2) is 0 Å². The summed E-state index contributed by atoms with van der Waals surface area (Å²) in [6.07, 6.45) is 50.7. The fourth-order valence-electron chi connectivity index (χ4n) is 9.80. The van der Waals surface area contributed by atoms with Gasteiger partial charge in [0.05, 0.1) is 52.1 Å². The molecule has 0 saturated heterocycles. The van der Waals surface area contributed by atoms with Gasteiger partial charge in [0.1, 0.15) is 0 Å². The average Bonchev–Trinajstić information content (AvgIpc) is 3.41. The molecule has 0 aromatic rings. The van der Waals surface area contributed by atoms with Crippen molar-refractivity contribution in [2.75, 3.05) is 85.8 Å². The molecule has 0 radical (unpaired) electrons. The predicted octanol–water partition coefficient (Wildman–Crippen LogP) is 16.9. The molecular weight excluding hydrogens is 951 g/mol. The fourth-order valence-corrected chi connectivity index (χ4v) is 9.80. The van der Waals surface area contributed by atoms with E-state index >= 15 is 0 Å². The quantitative estimate of drug-likeness (QED) is 0.0329. The number of rotatable bonds is 62. The Hall–Kier alpha value is -2.24. The molecule has 11 heteroatoms.